The number of carbonyl (C=O) groups is 1. The number of rotatable bonds is 0. The van der Waals surface area contributed by atoms with Crippen LogP contribution < -0.4 is 10.1 Å². The molecule has 4 nitrogen and oxygen atoms in total. The summed E-state index contributed by atoms with van der Waals surface area (Å²) in [6.45, 7) is 0.0381. The average Bonchev–Trinajstić information content (AvgIpc) is 2.05. The highest BCUT2D eigenvalue weighted by molar-refractivity contribution is 9.10. The molecule has 0 saturated heterocycles. The molecule has 12 heavy (non-hydrogen) atoms. The number of hydrogen-bond acceptors (Lipinski definition) is 3. The number of nitrogens with one attached hydrogen (secondary N) is 1. The van der Waals surface area contributed by atoms with Gasteiger partial charge >= 0.3 is 0 Å². The van der Waals surface area contributed by atoms with Crippen LogP contribution in [-0.2, 0) is 4.79 Å². The van der Waals surface area contributed by atoms with E-state index in [9.17, 15) is 4.79 Å². The molecule has 2 heterocycles. The zero-order chi connectivity index (χ0) is 8.55. The third-order valence-corrected chi connectivity index (χ3v) is 1.88. The molecule has 5 heteroatoms. The summed E-state index contributed by atoms with van der Waals surface area (Å²) in [4.78, 5) is 14.9. The predicted molar refractivity (Wildman–Crippen MR) is 46.1 cm³/mol. The third kappa shape index (κ3) is 1.27. The second-order valence-corrected chi connectivity index (χ2v) is 3.14. The molecular weight excluding hydrogens is 224 g/mol. The normalized spacial score (nSPS) is 14.6. The Bertz CT molecular complexity index is 340. The van der Waals surface area contributed by atoms with Gasteiger partial charge in [0.15, 0.2) is 6.61 Å². The number of hydrogen-bond donors (Lipinski definition) is 1. The van der Waals surface area contributed by atoms with Gasteiger partial charge in [-0.1, -0.05) is 0 Å². The van der Waals surface area contributed by atoms with Gasteiger partial charge in [-0.25, -0.2) is 4.98 Å². The summed E-state index contributed by atoms with van der Waals surface area (Å²) in [6.07, 6.45) is 0. The third-order valence-electron chi connectivity index (χ3n) is 1.44. The number of aromatic nitrogens is 1. The lowest BCUT2D eigenvalue weighted by Crippen LogP contribution is -2.25. The molecular formula is C7H5BrN2O2. The number of carbonyl (C=O) groups excluding carboxylic acids is 1. The van der Waals surface area contributed by atoms with E-state index >= 15 is 0 Å². The predicted octanol–water partition coefficient (Wildman–Crippen LogP) is 1.17. The Kier molecular flexibility index (Phi) is 1.73. The van der Waals surface area contributed by atoms with Crippen LogP contribution in [0.15, 0.2) is 16.7 Å². The Balaban J connectivity index is 2.43. The summed E-state index contributed by atoms with van der Waals surface area (Å²) in [5.41, 5.74) is 0.620. The van der Waals surface area contributed by atoms with Crippen LogP contribution in [0.25, 0.3) is 0 Å². The Morgan fingerprint density at radius 3 is 3.25 bits per heavy atom. The molecule has 1 amide bonds. The highest BCUT2D eigenvalue weighted by atomic mass is 79.9. The lowest BCUT2D eigenvalue weighted by atomic mass is 10.3. The molecule has 62 valence electrons. The summed E-state index contributed by atoms with van der Waals surface area (Å²) in [7, 11) is 0. The molecule has 0 aromatic carbocycles. The first-order valence-corrected chi connectivity index (χ1v) is 4.14. The van der Waals surface area contributed by atoms with Crippen molar-refractivity contribution < 1.29 is 9.53 Å². The summed E-state index contributed by atoms with van der Waals surface area (Å²) >= 11 is 3.20. The van der Waals surface area contributed by atoms with E-state index in [2.05, 4.69) is 26.2 Å². The summed E-state index contributed by atoms with van der Waals surface area (Å²) in [6, 6.07) is 3.48. The number of anilines is 1. The fourth-order valence-corrected chi connectivity index (χ4v) is 1.24. The highest BCUT2D eigenvalue weighted by Gasteiger charge is 2.16. The maximum Gasteiger partial charge on any atom is 0.262 e. The van der Waals surface area contributed by atoms with Crippen LogP contribution in [0.5, 0.6) is 5.88 Å². The molecule has 0 fully saturated rings. The molecule has 1 aromatic rings. The van der Waals surface area contributed by atoms with Crippen molar-refractivity contribution in [1.29, 1.82) is 0 Å². The van der Waals surface area contributed by atoms with Crippen molar-refractivity contribution in [3.05, 3.63) is 16.7 Å². The number of fused-ring (bicyclic) bond motifs is 1. The van der Waals surface area contributed by atoms with Gasteiger partial charge in [-0.15, -0.1) is 0 Å². The van der Waals surface area contributed by atoms with Crippen LogP contribution in [0.4, 0.5) is 5.69 Å². The molecule has 0 aliphatic carbocycles. The maximum absolute atomic E-state index is 10.8. The first-order valence-electron chi connectivity index (χ1n) is 3.35. The van der Waals surface area contributed by atoms with E-state index in [0.717, 1.165) is 0 Å². The van der Waals surface area contributed by atoms with Crippen molar-refractivity contribution in [3.63, 3.8) is 0 Å². The molecule has 1 N–H and O–H groups in total. The van der Waals surface area contributed by atoms with Crippen molar-refractivity contribution in [1.82, 2.24) is 4.98 Å². The van der Waals surface area contributed by atoms with Gasteiger partial charge in [0, 0.05) is 0 Å². The standard InChI is InChI=1S/C7H5BrN2O2/c8-5-2-1-4-7(10-5)12-3-6(11)9-4/h1-2H,3H2,(H,9,11). The molecule has 0 atom stereocenters. The lowest BCUT2D eigenvalue weighted by Gasteiger charge is -2.15. The van der Waals surface area contributed by atoms with Crippen LogP contribution in [0.1, 0.15) is 0 Å². The quantitative estimate of drug-likeness (QED) is 0.679. The Morgan fingerprint density at radius 1 is 1.58 bits per heavy atom. The number of amides is 1. The van der Waals surface area contributed by atoms with Crippen LogP contribution in [0.3, 0.4) is 0 Å². The Hall–Kier alpha value is -1.10. The van der Waals surface area contributed by atoms with E-state index in [1.165, 1.54) is 0 Å². The fourth-order valence-electron chi connectivity index (χ4n) is 0.943. The molecule has 1 aromatic heterocycles. The number of pyridine rings is 1. The van der Waals surface area contributed by atoms with Crippen LogP contribution in [-0.4, -0.2) is 17.5 Å². The Morgan fingerprint density at radius 2 is 2.42 bits per heavy atom. The van der Waals surface area contributed by atoms with E-state index in [1.54, 1.807) is 12.1 Å². The van der Waals surface area contributed by atoms with E-state index in [-0.39, 0.29) is 12.5 Å². The Labute approximate surface area is 77.1 Å². The molecule has 1 aliphatic heterocycles. The zero-order valence-corrected chi connectivity index (χ0v) is 7.59. The van der Waals surface area contributed by atoms with E-state index in [1.807, 2.05) is 0 Å². The number of nitrogens with zero attached hydrogens (tertiary/aromatic N) is 1. The molecule has 0 spiro atoms. The SMILES string of the molecule is O=C1COc2nc(Br)ccc2N1. The van der Waals surface area contributed by atoms with Gasteiger partial charge in [0.1, 0.15) is 10.3 Å². The molecule has 0 bridgehead atoms. The van der Waals surface area contributed by atoms with Crippen LogP contribution in [0, 0.1) is 0 Å². The van der Waals surface area contributed by atoms with Gasteiger partial charge in [-0.2, -0.15) is 0 Å². The highest BCUT2D eigenvalue weighted by Crippen LogP contribution is 2.26. The minimum atomic E-state index is -0.147. The molecule has 0 radical (unpaired) electrons. The van der Waals surface area contributed by atoms with Gasteiger partial charge in [0.05, 0.1) is 0 Å². The first kappa shape index (κ1) is 7.54. The maximum atomic E-state index is 10.8. The largest absolute Gasteiger partial charge is 0.466 e. The summed E-state index contributed by atoms with van der Waals surface area (Å²) in [5, 5.41) is 2.64. The minimum absolute atomic E-state index is 0.0381. The van der Waals surface area contributed by atoms with Crippen LogP contribution in [0.2, 0.25) is 0 Å². The van der Waals surface area contributed by atoms with Gasteiger partial charge < -0.3 is 10.1 Å². The molecule has 0 unspecified atom stereocenters. The molecule has 0 saturated carbocycles. The van der Waals surface area contributed by atoms with Gasteiger partial charge in [0.25, 0.3) is 5.91 Å². The van der Waals surface area contributed by atoms with Crippen LogP contribution >= 0.6 is 15.9 Å². The molecule has 2 rings (SSSR count). The van der Waals surface area contributed by atoms with Gasteiger partial charge in [0.2, 0.25) is 5.88 Å². The van der Waals surface area contributed by atoms with E-state index in [4.69, 9.17) is 4.74 Å². The second kappa shape index (κ2) is 2.75. The topological polar surface area (TPSA) is 51.2 Å². The number of ether oxygens (including phenoxy) is 1. The van der Waals surface area contributed by atoms with Gasteiger partial charge in [-0.3, -0.25) is 4.79 Å². The molecule has 1 aliphatic rings. The second-order valence-electron chi connectivity index (χ2n) is 2.32. The van der Waals surface area contributed by atoms with Crippen molar-refractivity contribution in [2.75, 3.05) is 11.9 Å². The number of halogens is 1. The van der Waals surface area contributed by atoms with Crippen molar-refractivity contribution in [3.8, 4) is 5.88 Å². The zero-order valence-electron chi connectivity index (χ0n) is 6.00. The fraction of sp³-hybridized carbons (Fsp3) is 0.143. The summed E-state index contributed by atoms with van der Waals surface area (Å²) in [5.74, 6) is 0.315. The van der Waals surface area contributed by atoms with Crippen molar-refractivity contribution in [2.45, 2.75) is 0 Å². The monoisotopic (exact) mass is 228 g/mol. The lowest BCUT2D eigenvalue weighted by molar-refractivity contribution is -0.118. The van der Waals surface area contributed by atoms with Crippen molar-refractivity contribution >= 4 is 27.5 Å². The smallest absolute Gasteiger partial charge is 0.262 e. The summed E-state index contributed by atoms with van der Waals surface area (Å²) < 4.78 is 5.76. The van der Waals surface area contributed by atoms with Gasteiger partial charge in [-0.05, 0) is 28.1 Å². The first-order chi connectivity index (χ1) is 5.75. The average molecular weight is 229 g/mol. The van der Waals surface area contributed by atoms with E-state index < -0.39 is 0 Å². The van der Waals surface area contributed by atoms with E-state index in [0.29, 0.717) is 16.2 Å². The van der Waals surface area contributed by atoms with Crippen molar-refractivity contribution in [2.24, 2.45) is 0 Å². The minimum Gasteiger partial charge on any atom is -0.466 e.